The standard InChI is InChI=1S/C16H24N4O5/c21-12(4-10-5-17-8-19-10)16(25)20-7-13(22)14(23)11(20)6-18-15(24)9-2-1-3-9/h5,8-9,11-14,21-23H,1-4,6-7H2,(H,17,19)(H,18,24)/t11-,12-,13+,14-/m0/s1. The van der Waals surface area contributed by atoms with Crippen molar-refractivity contribution in [1.82, 2.24) is 20.2 Å². The van der Waals surface area contributed by atoms with Crippen molar-refractivity contribution in [1.29, 1.82) is 0 Å². The van der Waals surface area contributed by atoms with Crippen LogP contribution in [0.2, 0.25) is 0 Å². The zero-order valence-electron chi connectivity index (χ0n) is 13.8. The number of hydrogen-bond donors (Lipinski definition) is 5. The Morgan fingerprint density at radius 1 is 1.40 bits per heavy atom. The topological polar surface area (TPSA) is 139 Å². The highest BCUT2D eigenvalue weighted by Gasteiger charge is 2.44. The first-order valence-corrected chi connectivity index (χ1v) is 8.57. The van der Waals surface area contributed by atoms with Crippen molar-refractivity contribution in [2.24, 2.45) is 5.92 Å². The molecule has 2 aliphatic rings. The predicted octanol–water partition coefficient (Wildman–Crippen LogP) is -1.84. The van der Waals surface area contributed by atoms with Gasteiger partial charge in [-0.2, -0.15) is 0 Å². The molecule has 0 spiro atoms. The molecule has 138 valence electrons. The van der Waals surface area contributed by atoms with Crippen molar-refractivity contribution >= 4 is 11.8 Å². The normalized spacial score (nSPS) is 27.8. The van der Waals surface area contributed by atoms with Crippen molar-refractivity contribution in [2.75, 3.05) is 13.1 Å². The molecule has 9 heteroatoms. The monoisotopic (exact) mass is 352 g/mol. The van der Waals surface area contributed by atoms with E-state index in [0.29, 0.717) is 5.69 Å². The fraction of sp³-hybridized carbons (Fsp3) is 0.688. The number of nitrogens with zero attached hydrogens (tertiary/aromatic N) is 2. The lowest BCUT2D eigenvalue weighted by atomic mass is 9.85. The Morgan fingerprint density at radius 2 is 2.16 bits per heavy atom. The number of aromatic nitrogens is 2. The number of imidazole rings is 1. The van der Waals surface area contributed by atoms with Crippen LogP contribution in [0.15, 0.2) is 12.5 Å². The molecule has 1 aromatic rings. The van der Waals surface area contributed by atoms with E-state index in [1.165, 1.54) is 17.4 Å². The van der Waals surface area contributed by atoms with Gasteiger partial charge in [-0.1, -0.05) is 6.42 Å². The number of H-pyrrole nitrogens is 1. The van der Waals surface area contributed by atoms with E-state index in [-0.39, 0.29) is 31.3 Å². The van der Waals surface area contributed by atoms with Gasteiger partial charge in [-0.3, -0.25) is 9.59 Å². The third kappa shape index (κ3) is 3.83. The average molecular weight is 352 g/mol. The maximum atomic E-state index is 12.5. The number of hydrogen-bond acceptors (Lipinski definition) is 6. The quantitative estimate of drug-likeness (QED) is 0.408. The largest absolute Gasteiger partial charge is 0.388 e. The van der Waals surface area contributed by atoms with Crippen molar-refractivity contribution in [3.05, 3.63) is 18.2 Å². The molecule has 1 aromatic heterocycles. The predicted molar refractivity (Wildman–Crippen MR) is 86.2 cm³/mol. The van der Waals surface area contributed by atoms with Gasteiger partial charge in [0, 0.05) is 37.3 Å². The molecule has 2 heterocycles. The van der Waals surface area contributed by atoms with Crippen LogP contribution in [0.1, 0.15) is 25.0 Å². The highest BCUT2D eigenvalue weighted by atomic mass is 16.3. The summed E-state index contributed by atoms with van der Waals surface area (Å²) in [6.45, 7) is -0.0277. The summed E-state index contributed by atoms with van der Waals surface area (Å²) < 4.78 is 0. The van der Waals surface area contributed by atoms with Gasteiger partial charge in [-0.15, -0.1) is 0 Å². The van der Waals surface area contributed by atoms with Crippen molar-refractivity contribution in [3.8, 4) is 0 Å². The van der Waals surface area contributed by atoms with Gasteiger partial charge in [0.05, 0.1) is 18.5 Å². The van der Waals surface area contributed by atoms with Gasteiger partial charge < -0.3 is 30.5 Å². The maximum Gasteiger partial charge on any atom is 0.252 e. The second kappa shape index (κ2) is 7.51. The van der Waals surface area contributed by atoms with Crippen LogP contribution in [0, 0.1) is 5.92 Å². The lowest BCUT2D eigenvalue weighted by Crippen LogP contribution is -2.51. The van der Waals surface area contributed by atoms with Crippen molar-refractivity contribution in [2.45, 2.75) is 50.0 Å². The molecule has 1 aliphatic heterocycles. The number of rotatable bonds is 6. The molecule has 0 aromatic carbocycles. The maximum absolute atomic E-state index is 12.5. The Kier molecular flexibility index (Phi) is 5.36. The smallest absolute Gasteiger partial charge is 0.252 e. The second-order valence-corrected chi connectivity index (χ2v) is 6.79. The summed E-state index contributed by atoms with van der Waals surface area (Å²) in [7, 11) is 0. The highest BCUT2D eigenvalue weighted by Crippen LogP contribution is 2.26. The summed E-state index contributed by atoms with van der Waals surface area (Å²) in [6, 6.07) is -0.761. The molecule has 0 bridgehead atoms. The van der Waals surface area contributed by atoms with Gasteiger partial charge in [-0.25, -0.2) is 4.98 Å². The van der Waals surface area contributed by atoms with E-state index in [4.69, 9.17) is 0 Å². The zero-order chi connectivity index (χ0) is 18.0. The van der Waals surface area contributed by atoms with E-state index in [1.54, 1.807) is 0 Å². The van der Waals surface area contributed by atoms with Crippen LogP contribution in [0.5, 0.6) is 0 Å². The number of amides is 2. The first kappa shape index (κ1) is 17.8. The Hall–Kier alpha value is -1.97. The summed E-state index contributed by atoms with van der Waals surface area (Å²) in [6.07, 6.45) is 2.19. The Morgan fingerprint density at radius 3 is 2.76 bits per heavy atom. The Bertz CT molecular complexity index is 604. The lowest BCUT2D eigenvalue weighted by molar-refractivity contribution is -0.142. The van der Waals surface area contributed by atoms with Gasteiger partial charge >= 0.3 is 0 Å². The van der Waals surface area contributed by atoms with E-state index in [0.717, 1.165) is 19.3 Å². The van der Waals surface area contributed by atoms with Crippen LogP contribution < -0.4 is 5.32 Å². The molecule has 3 rings (SSSR count). The molecule has 5 N–H and O–H groups in total. The molecule has 2 fully saturated rings. The molecular formula is C16H24N4O5. The highest BCUT2D eigenvalue weighted by molar-refractivity contribution is 5.82. The summed E-state index contributed by atoms with van der Waals surface area (Å²) in [5.41, 5.74) is 0.607. The summed E-state index contributed by atoms with van der Waals surface area (Å²) in [5, 5.41) is 33.0. The Labute approximate surface area is 145 Å². The first-order valence-electron chi connectivity index (χ1n) is 8.57. The minimum atomic E-state index is -1.32. The van der Waals surface area contributed by atoms with Crippen LogP contribution in [0.3, 0.4) is 0 Å². The number of likely N-dealkylation sites (tertiary alicyclic amines) is 1. The minimum Gasteiger partial charge on any atom is -0.388 e. The van der Waals surface area contributed by atoms with E-state index < -0.39 is 30.3 Å². The molecule has 0 unspecified atom stereocenters. The van der Waals surface area contributed by atoms with Crippen LogP contribution >= 0.6 is 0 Å². The Balaban J connectivity index is 1.60. The van der Waals surface area contributed by atoms with Crippen LogP contribution in [0.4, 0.5) is 0 Å². The van der Waals surface area contributed by atoms with Gasteiger partial charge in [-0.05, 0) is 12.8 Å². The van der Waals surface area contributed by atoms with E-state index in [9.17, 15) is 24.9 Å². The summed E-state index contributed by atoms with van der Waals surface area (Å²) in [4.78, 5) is 32.4. The van der Waals surface area contributed by atoms with E-state index >= 15 is 0 Å². The van der Waals surface area contributed by atoms with E-state index in [2.05, 4.69) is 15.3 Å². The number of aliphatic hydroxyl groups excluding tert-OH is 3. The third-order valence-corrected chi connectivity index (χ3v) is 5.07. The van der Waals surface area contributed by atoms with Crippen molar-refractivity contribution in [3.63, 3.8) is 0 Å². The second-order valence-electron chi connectivity index (χ2n) is 6.79. The molecular weight excluding hydrogens is 328 g/mol. The average Bonchev–Trinajstić information content (AvgIpc) is 3.12. The van der Waals surface area contributed by atoms with Crippen LogP contribution in [0.25, 0.3) is 0 Å². The molecule has 1 saturated heterocycles. The van der Waals surface area contributed by atoms with Crippen LogP contribution in [-0.2, 0) is 16.0 Å². The lowest BCUT2D eigenvalue weighted by Gasteiger charge is -2.30. The fourth-order valence-corrected chi connectivity index (χ4v) is 3.27. The number of carbonyl (C=O) groups excluding carboxylic acids is 2. The van der Waals surface area contributed by atoms with Gasteiger partial charge in [0.25, 0.3) is 5.91 Å². The molecule has 25 heavy (non-hydrogen) atoms. The van der Waals surface area contributed by atoms with Gasteiger partial charge in [0.2, 0.25) is 5.91 Å². The summed E-state index contributed by atoms with van der Waals surface area (Å²) in [5.74, 6) is -0.683. The van der Waals surface area contributed by atoms with Crippen molar-refractivity contribution < 1.29 is 24.9 Å². The number of β-amino-alcohol motifs (C(OH)–C–C–N with tert-alkyl or cyclic N) is 1. The molecule has 1 aliphatic carbocycles. The molecule has 1 saturated carbocycles. The third-order valence-electron chi connectivity index (χ3n) is 5.07. The molecule has 0 radical (unpaired) electrons. The molecule has 4 atom stereocenters. The van der Waals surface area contributed by atoms with Crippen LogP contribution in [-0.4, -0.2) is 79.4 Å². The summed E-state index contributed by atoms with van der Waals surface area (Å²) >= 11 is 0. The minimum absolute atomic E-state index is 0.00131. The number of aromatic amines is 1. The zero-order valence-corrected chi connectivity index (χ0v) is 13.8. The number of aliphatic hydroxyl groups is 3. The number of carbonyl (C=O) groups is 2. The fourth-order valence-electron chi connectivity index (χ4n) is 3.27. The molecule has 9 nitrogen and oxygen atoms in total. The number of nitrogens with one attached hydrogen (secondary N) is 2. The van der Waals surface area contributed by atoms with Gasteiger partial charge in [0.15, 0.2) is 0 Å². The SMILES string of the molecule is O=C(NC[C@H]1[C@H](O)[C@H](O)CN1C(=O)[C@@H](O)Cc1cnc[nH]1)C1CCC1. The van der Waals surface area contributed by atoms with Gasteiger partial charge in [0.1, 0.15) is 12.2 Å². The van der Waals surface area contributed by atoms with E-state index in [1.807, 2.05) is 0 Å². The molecule has 2 amide bonds. The first-order chi connectivity index (χ1) is 12.0.